The Bertz CT molecular complexity index is 877. The maximum atomic E-state index is 11.2. The van der Waals surface area contributed by atoms with Crippen LogP contribution in [0.5, 0.6) is 0 Å². The SMILES string of the molecule is CCNC(=NCc1ccc(C(N)=O)cc1)N1CCOC(c2ccc(C)cc2C)C1. The highest BCUT2D eigenvalue weighted by molar-refractivity contribution is 5.92. The molecule has 1 aliphatic heterocycles. The fourth-order valence-electron chi connectivity index (χ4n) is 3.58. The number of rotatable bonds is 5. The Morgan fingerprint density at radius 1 is 1.24 bits per heavy atom. The number of hydrogen-bond acceptors (Lipinski definition) is 3. The van der Waals surface area contributed by atoms with Crippen LogP contribution in [0.4, 0.5) is 0 Å². The van der Waals surface area contributed by atoms with Crippen molar-refractivity contribution in [1.82, 2.24) is 10.2 Å². The number of primary amides is 1. The minimum atomic E-state index is -0.417. The quantitative estimate of drug-likeness (QED) is 0.604. The summed E-state index contributed by atoms with van der Waals surface area (Å²) in [5.74, 6) is 0.462. The number of amides is 1. The predicted molar refractivity (Wildman–Crippen MR) is 116 cm³/mol. The van der Waals surface area contributed by atoms with E-state index in [1.807, 2.05) is 12.1 Å². The number of nitrogens with zero attached hydrogens (tertiary/aromatic N) is 2. The normalized spacial score (nSPS) is 17.3. The van der Waals surface area contributed by atoms with Crippen LogP contribution in [-0.2, 0) is 11.3 Å². The molecule has 0 aliphatic carbocycles. The Morgan fingerprint density at radius 3 is 2.66 bits per heavy atom. The van der Waals surface area contributed by atoms with E-state index in [4.69, 9.17) is 15.5 Å². The monoisotopic (exact) mass is 394 g/mol. The first-order chi connectivity index (χ1) is 14.0. The second-order valence-corrected chi connectivity index (χ2v) is 7.40. The van der Waals surface area contributed by atoms with Gasteiger partial charge in [-0.3, -0.25) is 4.79 Å². The number of guanidine groups is 1. The van der Waals surface area contributed by atoms with Gasteiger partial charge in [0.1, 0.15) is 6.10 Å². The fourth-order valence-corrected chi connectivity index (χ4v) is 3.58. The highest BCUT2D eigenvalue weighted by Gasteiger charge is 2.25. The van der Waals surface area contributed by atoms with Gasteiger partial charge >= 0.3 is 0 Å². The molecule has 29 heavy (non-hydrogen) atoms. The maximum Gasteiger partial charge on any atom is 0.248 e. The summed E-state index contributed by atoms with van der Waals surface area (Å²) in [6.45, 7) is 9.87. The number of nitrogens with one attached hydrogen (secondary N) is 1. The standard InChI is InChI=1S/C23H30N4O2/c1-4-25-23(26-14-18-6-8-19(9-7-18)22(24)28)27-11-12-29-21(15-27)20-10-5-16(2)13-17(20)3/h5-10,13,21H,4,11-12,14-15H2,1-3H3,(H2,24,28)(H,25,26). The number of carbonyl (C=O) groups is 1. The Hall–Kier alpha value is -2.86. The number of morpholine rings is 1. The van der Waals surface area contributed by atoms with E-state index in [1.165, 1.54) is 16.7 Å². The van der Waals surface area contributed by atoms with Crippen LogP contribution in [0.1, 0.15) is 45.6 Å². The van der Waals surface area contributed by atoms with Crippen molar-refractivity contribution in [3.63, 3.8) is 0 Å². The molecule has 3 N–H and O–H groups in total. The molecular weight excluding hydrogens is 364 g/mol. The van der Waals surface area contributed by atoms with Gasteiger partial charge in [-0.25, -0.2) is 4.99 Å². The van der Waals surface area contributed by atoms with Gasteiger partial charge < -0.3 is 20.7 Å². The third kappa shape index (κ3) is 5.35. The number of hydrogen-bond donors (Lipinski definition) is 2. The molecule has 1 aliphatic rings. The molecule has 6 nitrogen and oxygen atoms in total. The molecule has 0 bridgehead atoms. The first-order valence-electron chi connectivity index (χ1n) is 10.1. The van der Waals surface area contributed by atoms with E-state index in [0.29, 0.717) is 18.7 Å². The van der Waals surface area contributed by atoms with Gasteiger partial charge in [0.25, 0.3) is 0 Å². The third-order valence-electron chi connectivity index (χ3n) is 5.12. The van der Waals surface area contributed by atoms with Gasteiger partial charge in [0, 0.05) is 18.7 Å². The Balaban J connectivity index is 1.73. The minimum absolute atomic E-state index is 0.0306. The number of aryl methyl sites for hydroxylation is 2. The molecule has 1 fully saturated rings. The van der Waals surface area contributed by atoms with Crippen LogP contribution in [0.2, 0.25) is 0 Å². The largest absolute Gasteiger partial charge is 0.370 e. The van der Waals surface area contributed by atoms with Gasteiger partial charge in [0.2, 0.25) is 5.91 Å². The van der Waals surface area contributed by atoms with Gasteiger partial charge in [-0.2, -0.15) is 0 Å². The van der Waals surface area contributed by atoms with Crippen molar-refractivity contribution in [2.75, 3.05) is 26.2 Å². The van der Waals surface area contributed by atoms with Gasteiger partial charge in [0.15, 0.2) is 5.96 Å². The first-order valence-corrected chi connectivity index (χ1v) is 10.1. The molecular formula is C23H30N4O2. The van der Waals surface area contributed by atoms with Gasteiger partial charge in [0.05, 0.1) is 19.7 Å². The van der Waals surface area contributed by atoms with Crippen molar-refractivity contribution in [3.05, 3.63) is 70.3 Å². The zero-order chi connectivity index (χ0) is 20.8. The molecule has 2 aromatic carbocycles. The Kier molecular flexibility index (Phi) is 6.88. The van der Waals surface area contributed by atoms with Crippen molar-refractivity contribution in [2.24, 2.45) is 10.7 Å². The van der Waals surface area contributed by atoms with Crippen LogP contribution < -0.4 is 11.1 Å². The molecule has 6 heteroatoms. The number of ether oxygens (including phenoxy) is 1. The average Bonchev–Trinajstić information content (AvgIpc) is 2.71. The lowest BCUT2D eigenvalue weighted by molar-refractivity contribution is -0.00834. The summed E-state index contributed by atoms with van der Waals surface area (Å²) in [6.07, 6.45) is 0.0306. The number of aliphatic imine (C=N–C) groups is 1. The summed E-state index contributed by atoms with van der Waals surface area (Å²) >= 11 is 0. The third-order valence-corrected chi connectivity index (χ3v) is 5.12. The molecule has 2 aromatic rings. The predicted octanol–water partition coefficient (Wildman–Crippen LogP) is 2.94. The second-order valence-electron chi connectivity index (χ2n) is 7.40. The summed E-state index contributed by atoms with van der Waals surface area (Å²) in [4.78, 5) is 18.3. The van der Waals surface area contributed by atoms with Crippen LogP contribution in [0.25, 0.3) is 0 Å². The number of nitrogens with two attached hydrogens (primary N) is 1. The zero-order valence-corrected chi connectivity index (χ0v) is 17.4. The highest BCUT2D eigenvalue weighted by Crippen LogP contribution is 2.26. The molecule has 0 radical (unpaired) electrons. The Morgan fingerprint density at radius 2 is 2.00 bits per heavy atom. The molecule has 1 heterocycles. The van der Waals surface area contributed by atoms with E-state index in [0.717, 1.165) is 31.2 Å². The number of carbonyl (C=O) groups excluding carboxylic acids is 1. The molecule has 0 aromatic heterocycles. The maximum absolute atomic E-state index is 11.2. The van der Waals surface area contributed by atoms with Crippen molar-refractivity contribution in [1.29, 1.82) is 0 Å². The van der Waals surface area contributed by atoms with Gasteiger partial charge in [-0.15, -0.1) is 0 Å². The van der Waals surface area contributed by atoms with Crippen LogP contribution >= 0.6 is 0 Å². The lowest BCUT2D eigenvalue weighted by atomic mass is 10.00. The lowest BCUT2D eigenvalue weighted by Crippen LogP contribution is -2.48. The molecule has 0 spiro atoms. The van der Waals surface area contributed by atoms with Crippen LogP contribution in [0.3, 0.4) is 0 Å². The molecule has 1 amide bonds. The first kappa shape index (κ1) is 20.9. The minimum Gasteiger partial charge on any atom is -0.370 e. The summed E-state index contributed by atoms with van der Waals surface area (Å²) in [5.41, 5.74) is 10.6. The van der Waals surface area contributed by atoms with Crippen LogP contribution in [-0.4, -0.2) is 43.0 Å². The molecule has 3 rings (SSSR count). The summed E-state index contributed by atoms with van der Waals surface area (Å²) in [6, 6.07) is 13.8. The van der Waals surface area contributed by atoms with Gasteiger partial charge in [-0.1, -0.05) is 35.9 Å². The molecule has 1 unspecified atom stereocenters. The second kappa shape index (κ2) is 9.56. The smallest absolute Gasteiger partial charge is 0.248 e. The topological polar surface area (TPSA) is 79.9 Å². The van der Waals surface area contributed by atoms with E-state index in [-0.39, 0.29) is 6.10 Å². The van der Waals surface area contributed by atoms with E-state index in [1.54, 1.807) is 12.1 Å². The average molecular weight is 395 g/mol. The molecule has 1 saturated heterocycles. The van der Waals surface area contributed by atoms with Crippen LogP contribution in [0.15, 0.2) is 47.5 Å². The molecule has 154 valence electrons. The van der Waals surface area contributed by atoms with Crippen molar-refractivity contribution >= 4 is 11.9 Å². The molecule has 1 atom stereocenters. The fraction of sp³-hybridized carbons (Fsp3) is 0.391. The molecule has 0 saturated carbocycles. The summed E-state index contributed by atoms with van der Waals surface area (Å²) < 4.78 is 6.07. The van der Waals surface area contributed by atoms with Crippen LogP contribution in [0, 0.1) is 13.8 Å². The lowest BCUT2D eigenvalue weighted by Gasteiger charge is -2.36. The Labute approximate surface area is 172 Å². The van der Waals surface area contributed by atoms with E-state index in [2.05, 4.69) is 49.2 Å². The summed E-state index contributed by atoms with van der Waals surface area (Å²) in [5, 5.41) is 3.39. The zero-order valence-electron chi connectivity index (χ0n) is 17.4. The van der Waals surface area contributed by atoms with Crippen molar-refractivity contribution < 1.29 is 9.53 Å². The van der Waals surface area contributed by atoms with Crippen molar-refractivity contribution in [3.8, 4) is 0 Å². The highest BCUT2D eigenvalue weighted by atomic mass is 16.5. The summed E-state index contributed by atoms with van der Waals surface area (Å²) in [7, 11) is 0. The number of benzene rings is 2. The van der Waals surface area contributed by atoms with E-state index in [9.17, 15) is 4.79 Å². The van der Waals surface area contributed by atoms with E-state index < -0.39 is 5.91 Å². The van der Waals surface area contributed by atoms with E-state index >= 15 is 0 Å². The van der Waals surface area contributed by atoms with Crippen molar-refractivity contribution in [2.45, 2.75) is 33.4 Å². The van der Waals surface area contributed by atoms with Gasteiger partial charge in [-0.05, 0) is 49.6 Å².